The van der Waals surface area contributed by atoms with Gasteiger partial charge in [0.25, 0.3) is 0 Å². The Bertz CT molecular complexity index is 1230. The average Bonchev–Trinajstić information content (AvgIpc) is 3.89. The monoisotopic (exact) mass is 718 g/mol. The van der Waals surface area contributed by atoms with E-state index in [1.807, 2.05) is 33.8 Å². The number of allylic oxidation sites excluding steroid dienone is 2. The molecule has 3 aliphatic heterocycles. The molecule has 0 bridgehead atoms. The summed E-state index contributed by atoms with van der Waals surface area (Å²) in [6, 6.07) is 0.584. The molecule has 0 radical (unpaired) electrons. The first-order valence-electron chi connectivity index (χ1n) is 19.5. The third-order valence-electron chi connectivity index (χ3n) is 11.5. The molecule has 4 N–H and O–H groups in total. The van der Waals surface area contributed by atoms with Crippen LogP contribution in [0.15, 0.2) is 36.0 Å². The Morgan fingerprint density at radius 3 is 2.57 bits per heavy atom. The van der Waals surface area contributed by atoms with Gasteiger partial charge in [0.05, 0.1) is 36.4 Å². The highest BCUT2D eigenvalue weighted by molar-refractivity contribution is 5.70. The standard InChI is InChI=1S/C40H66N2O9/c1-7-32(44)29(4)37-33(49-37)26-39(5,47)19-11-13-27(2)36-28(3)16-17-34(40(6,48)20-18-31(43)25-35(45)51-36)50-38(46)42-22-12-21-41(23-24-42)30-14-9-8-10-15-30/h11,13,16-17,19,28-34,36-37,43-44,47-48H,7-10,12,14-15,18,20-26H2,1-6H3. The predicted molar refractivity (Wildman–Crippen MR) is 196 cm³/mol. The summed E-state index contributed by atoms with van der Waals surface area (Å²) in [6.45, 7) is 13.8. The topological polar surface area (TPSA) is 153 Å². The van der Waals surface area contributed by atoms with Crippen molar-refractivity contribution < 1.29 is 44.2 Å². The smallest absolute Gasteiger partial charge is 0.410 e. The maximum atomic E-state index is 13.6. The van der Waals surface area contributed by atoms with Crippen LogP contribution in [0.4, 0.5) is 4.79 Å². The molecule has 290 valence electrons. The van der Waals surface area contributed by atoms with Gasteiger partial charge in [0.2, 0.25) is 0 Å². The molecule has 1 amide bonds. The summed E-state index contributed by atoms with van der Waals surface area (Å²) in [5.74, 6) is -0.936. The Labute approximate surface area is 305 Å². The number of esters is 1. The van der Waals surface area contributed by atoms with Crippen LogP contribution in [0.5, 0.6) is 0 Å². The molecular weight excluding hydrogens is 652 g/mol. The van der Waals surface area contributed by atoms with E-state index in [-0.39, 0.29) is 43.3 Å². The van der Waals surface area contributed by atoms with Crippen LogP contribution in [0.3, 0.4) is 0 Å². The Kier molecular flexibility index (Phi) is 15.2. The molecule has 4 aliphatic rings. The van der Waals surface area contributed by atoms with Crippen molar-refractivity contribution in [2.45, 2.75) is 166 Å². The van der Waals surface area contributed by atoms with E-state index in [1.165, 1.54) is 32.1 Å². The van der Waals surface area contributed by atoms with Crippen LogP contribution in [0.1, 0.15) is 112 Å². The second kappa shape index (κ2) is 18.7. The highest BCUT2D eigenvalue weighted by Crippen LogP contribution is 2.37. The zero-order chi connectivity index (χ0) is 37.3. The summed E-state index contributed by atoms with van der Waals surface area (Å²) in [7, 11) is 0. The number of hydrogen-bond donors (Lipinski definition) is 4. The predicted octanol–water partition coefficient (Wildman–Crippen LogP) is 5.05. The molecule has 2 saturated heterocycles. The highest BCUT2D eigenvalue weighted by atomic mass is 16.6. The van der Waals surface area contributed by atoms with E-state index >= 15 is 0 Å². The zero-order valence-electron chi connectivity index (χ0n) is 31.9. The zero-order valence-corrected chi connectivity index (χ0v) is 31.9. The Morgan fingerprint density at radius 2 is 1.86 bits per heavy atom. The van der Waals surface area contributed by atoms with Gasteiger partial charge < -0.3 is 39.5 Å². The molecule has 0 aromatic heterocycles. The Morgan fingerprint density at radius 1 is 1.14 bits per heavy atom. The number of ether oxygens (including phenoxy) is 3. The molecule has 10 atom stereocenters. The number of nitrogens with zero attached hydrogens (tertiary/aromatic N) is 2. The van der Waals surface area contributed by atoms with E-state index in [1.54, 1.807) is 43.1 Å². The first-order valence-corrected chi connectivity index (χ1v) is 19.5. The summed E-state index contributed by atoms with van der Waals surface area (Å²) in [4.78, 5) is 30.7. The van der Waals surface area contributed by atoms with E-state index in [9.17, 15) is 30.0 Å². The van der Waals surface area contributed by atoms with E-state index < -0.39 is 47.7 Å². The van der Waals surface area contributed by atoms with Crippen molar-refractivity contribution in [1.29, 1.82) is 0 Å². The van der Waals surface area contributed by atoms with Crippen LogP contribution in [-0.4, -0.2) is 122 Å². The van der Waals surface area contributed by atoms with E-state index in [2.05, 4.69) is 4.90 Å². The van der Waals surface area contributed by atoms with Crippen molar-refractivity contribution in [2.24, 2.45) is 11.8 Å². The molecule has 10 unspecified atom stereocenters. The molecule has 4 rings (SSSR count). The lowest BCUT2D eigenvalue weighted by molar-refractivity contribution is -0.151. The van der Waals surface area contributed by atoms with Crippen LogP contribution in [0.2, 0.25) is 0 Å². The minimum Gasteiger partial charge on any atom is -0.457 e. The fourth-order valence-corrected chi connectivity index (χ4v) is 7.92. The summed E-state index contributed by atoms with van der Waals surface area (Å²) in [5, 5.41) is 43.5. The maximum Gasteiger partial charge on any atom is 0.410 e. The molecule has 1 saturated carbocycles. The first kappa shape index (κ1) is 41.5. The van der Waals surface area contributed by atoms with Gasteiger partial charge in [-0.05, 0) is 70.9 Å². The first-order chi connectivity index (χ1) is 24.1. The number of carbonyl (C=O) groups is 2. The van der Waals surface area contributed by atoms with Gasteiger partial charge in [-0.3, -0.25) is 9.69 Å². The lowest BCUT2D eigenvalue weighted by Crippen LogP contribution is -2.46. The number of aliphatic hydroxyl groups is 4. The number of aliphatic hydroxyl groups excluding tert-OH is 2. The fourth-order valence-electron chi connectivity index (χ4n) is 7.92. The van der Waals surface area contributed by atoms with Gasteiger partial charge in [-0.25, -0.2) is 4.79 Å². The molecule has 1 aliphatic carbocycles. The summed E-state index contributed by atoms with van der Waals surface area (Å²) >= 11 is 0. The van der Waals surface area contributed by atoms with E-state index in [4.69, 9.17) is 14.2 Å². The largest absolute Gasteiger partial charge is 0.457 e. The van der Waals surface area contributed by atoms with Gasteiger partial charge in [-0.1, -0.05) is 64.3 Å². The van der Waals surface area contributed by atoms with Crippen LogP contribution >= 0.6 is 0 Å². The fraction of sp³-hybridized carbons (Fsp3) is 0.800. The van der Waals surface area contributed by atoms with Crippen LogP contribution in [-0.2, 0) is 19.0 Å². The minimum absolute atomic E-state index is 0.0104. The van der Waals surface area contributed by atoms with Crippen LogP contribution in [0, 0.1) is 11.8 Å². The van der Waals surface area contributed by atoms with Gasteiger partial charge in [0, 0.05) is 50.5 Å². The Balaban J connectivity index is 1.44. The normalized spacial score (nSPS) is 34.8. The lowest BCUT2D eigenvalue weighted by atomic mass is 9.88. The molecule has 11 nitrogen and oxygen atoms in total. The minimum atomic E-state index is -1.48. The molecule has 3 fully saturated rings. The Hall–Kier alpha value is -2.28. The van der Waals surface area contributed by atoms with Crippen molar-refractivity contribution >= 4 is 12.1 Å². The molecule has 0 aromatic rings. The van der Waals surface area contributed by atoms with Crippen molar-refractivity contribution in [1.82, 2.24) is 9.80 Å². The van der Waals surface area contributed by atoms with Crippen molar-refractivity contribution in [3.05, 3.63) is 36.0 Å². The number of amides is 1. The maximum absolute atomic E-state index is 13.6. The third-order valence-corrected chi connectivity index (χ3v) is 11.5. The van der Waals surface area contributed by atoms with Gasteiger partial charge in [0.1, 0.15) is 11.7 Å². The summed E-state index contributed by atoms with van der Waals surface area (Å²) < 4.78 is 17.7. The van der Waals surface area contributed by atoms with Crippen molar-refractivity contribution in [2.75, 3.05) is 26.2 Å². The molecular formula is C40H66N2O9. The molecule has 0 spiro atoms. The molecule has 11 heteroatoms. The quantitative estimate of drug-likeness (QED) is 0.105. The molecule has 51 heavy (non-hydrogen) atoms. The SMILES string of the molecule is CCC(O)C(C)C1OC1CC(C)(O)C=CC=C(C)C1OC(=O)CC(O)CCC(C)(O)C(OC(=O)N2CCCN(C3CCCCC3)CC2)C=CC1C. The lowest BCUT2D eigenvalue weighted by Gasteiger charge is -2.34. The van der Waals surface area contributed by atoms with Gasteiger partial charge in [-0.2, -0.15) is 0 Å². The third kappa shape index (κ3) is 12.4. The van der Waals surface area contributed by atoms with Gasteiger partial charge >= 0.3 is 12.1 Å². The second-order valence-corrected chi connectivity index (χ2v) is 16.2. The number of carbonyl (C=O) groups excluding carboxylic acids is 2. The van der Waals surface area contributed by atoms with Crippen molar-refractivity contribution in [3.8, 4) is 0 Å². The van der Waals surface area contributed by atoms with Crippen LogP contribution < -0.4 is 0 Å². The van der Waals surface area contributed by atoms with E-state index in [0.717, 1.165) is 19.5 Å². The summed E-state index contributed by atoms with van der Waals surface area (Å²) in [6.07, 6.45) is 13.0. The molecule has 3 heterocycles. The number of cyclic esters (lactones) is 1. The highest BCUT2D eigenvalue weighted by Gasteiger charge is 2.47. The second-order valence-electron chi connectivity index (χ2n) is 16.2. The molecule has 0 aromatic carbocycles. The number of epoxide rings is 1. The van der Waals surface area contributed by atoms with Gasteiger partial charge in [-0.15, -0.1) is 0 Å². The van der Waals surface area contributed by atoms with Crippen molar-refractivity contribution in [3.63, 3.8) is 0 Å². The van der Waals surface area contributed by atoms with E-state index in [0.29, 0.717) is 37.5 Å². The summed E-state index contributed by atoms with van der Waals surface area (Å²) in [5.41, 5.74) is -1.93. The number of rotatable bonds is 10. The average molecular weight is 719 g/mol. The van der Waals surface area contributed by atoms with Crippen LogP contribution in [0.25, 0.3) is 0 Å². The number of hydrogen-bond acceptors (Lipinski definition) is 10. The van der Waals surface area contributed by atoms with Gasteiger partial charge in [0.15, 0.2) is 6.10 Å².